The van der Waals surface area contributed by atoms with Gasteiger partial charge in [-0.25, -0.2) is 0 Å². The van der Waals surface area contributed by atoms with Gasteiger partial charge in [-0.15, -0.1) is 0 Å². The van der Waals surface area contributed by atoms with E-state index in [-0.39, 0.29) is 6.04 Å². The van der Waals surface area contributed by atoms with E-state index in [4.69, 9.17) is 5.73 Å². The van der Waals surface area contributed by atoms with E-state index in [1.54, 1.807) is 0 Å². The van der Waals surface area contributed by atoms with Crippen molar-refractivity contribution in [2.24, 2.45) is 17.6 Å². The molecule has 2 heteroatoms. The minimum Gasteiger partial charge on any atom is -0.324 e. The highest BCUT2D eigenvalue weighted by Gasteiger charge is 2.24. The molecule has 0 aliphatic heterocycles. The molecule has 1 unspecified atom stereocenters. The number of aryl methyl sites for hydroxylation is 1. The van der Waals surface area contributed by atoms with Crippen molar-refractivity contribution in [3.63, 3.8) is 0 Å². The van der Waals surface area contributed by atoms with Gasteiger partial charge in [-0.2, -0.15) is 0 Å². The molecule has 1 aliphatic carbocycles. The maximum absolute atomic E-state index is 6.36. The lowest BCUT2D eigenvalue weighted by molar-refractivity contribution is 0.256. The first-order valence-corrected chi connectivity index (χ1v) is 6.35. The Hall–Kier alpha value is -0.890. The van der Waals surface area contributed by atoms with Gasteiger partial charge in [0.1, 0.15) is 0 Å². The van der Waals surface area contributed by atoms with Gasteiger partial charge in [0, 0.05) is 17.9 Å². The SMILES string of the molecule is Cc1cc(C(N)C2CCC(C)CC2)ccn1. The highest BCUT2D eigenvalue weighted by Crippen LogP contribution is 2.35. The number of aromatic nitrogens is 1. The van der Waals surface area contributed by atoms with Crippen LogP contribution in [-0.4, -0.2) is 4.98 Å². The number of hydrogen-bond acceptors (Lipinski definition) is 2. The van der Waals surface area contributed by atoms with Crippen molar-refractivity contribution in [3.05, 3.63) is 29.6 Å². The van der Waals surface area contributed by atoms with Crippen LogP contribution in [0.4, 0.5) is 0 Å². The third-order valence-electron chi connectivity index (χ3n) is 3.87. The number of nitrogens with zero attached hydrogens (tertiary/aromatic N) is 1. The Morgan fingerprint density at radius 1 is 1.31 bits per heavy atom. The summed E-state index contributed by atoms with van der Waals surface area (Å²) in [6.45, 7) is 4.37. The van der Waals surface area contributed by atoms with E-state index in [0.29, 0.717) is 5.92 Å². The molecular formula is C14H22N2. The Morgan fingerprint density at radius 3 is 2.62 bits per heavy atom. The molecule has 2 rings (SSSR count). The van der Waals surface area contributed by atoms with E-state index in [0.717, 1.165) is 11.6 Å². The smallest absolute Gasteiger partial charge is 0.0375 e. The summed E-state index contributed by atoms with van der Waals surface area (Å²) in [5, 5.41) is 0. The topological polar surface area (TPSA) is 38.9 Å². The van der Waals surface area contributed by atoms with Crippen LogP contribution in [0.25, 0.3) is 0 Å². The predicted octanol–water partition coefficient (Wildman–Crippen LogP) is 3.22. The molecule has 0 amide bonds. The van der Waals surface area contributed by atoms with E-state index < -0.39 is 0 Å². The second-order valence-electron chi connectivity index (χ2n) is 5.28. The lowest BCUT2D eigenvalue weighted by Crippen LogP contribution is -2.25. The standard InChI is InChI=1S/C14H22N2/c1-10-3-5-12(6-4-10)14(15)13-7-8-16-11(2)9-13/h7-10,12,14H,3-6,15H2,1-2H3. The fourth-order valence-corrected chi connectivity index (χ4v) is 2.69. The van der Waals surface area contributed by atoms with Gasteiger partial charge in [0.2, 0.25) is 0 Å². The van der Waals surface area contributed by atoms with E-state index in [1.165, 1.54) is 31.2 Å². The van der Waals surface area contributed by atoms with Crippen molar-refractivity contribution in [1.29, 1.82) is 0 Å². The molecule has 1 saturated carbocycles. The fourth-order valence-electron chi connectivity index (χ4n) is 2.69. The molecule has 1 heterocycles. The Kier molecular flexibility index (Phi) is 3.59. The van der Waals surface area contributed by atoms with Crippen molar-refractivity contribution in [2.75, 3.05) is 0 Å². The van der Waals surface area contributed by atoms with Gasteiger partial charge in [0.05, 0.1) is 0 Å². The summed E-state index contributed by atoms with van der Waals surface area (Å²) >= 11 is 0. The summed E-state index contributed by atoms with van der Waals surface area (Å²) in [5.74, 6) is 1.56. The number of pyridine rings is 1. The molecule has 1 aliphatic rings. The van der Waals surface area contributed by atoms with E-state index >= 15 is 0 Å². The molecule has 0 radical (unpaired) electrons. The molecule has 0 bridgehead atoms. The third kappa shape index (κ3) is 2.62. The average molecular weight is 218 g/mol. The third-order valence-corrected chi connectivity index (χ3v) is 3.87. The minimum atomic E-state index is 0.203. The van der Waals surface area contributed by atoms with Crippen LogP contribution in [0.2, 0.25) is 0 Å². The first-order valence-electron chi connectivity index (χ1n) is 6.35. The molecule has 1 atom stereocenters. The average Bonchev–Trinajstić information content (AvgIpc) is 2.29. The van der Waals surface area contributed by atoms with Gasteiger partial charge in [-0.05, 0) is 49.3 Å². The van der Waals surface area contributed by atoms with Crippen molar-refractivity contribution in [1.82, 2.24) is 4.98 Å². The molecule has 0 saturated heterocycles. The van der Waals surface area contributed by atoms with Gasteiger partial charge in [0.25, 0.3) is 0 Å². The lowest BCUT2D eigenvalue weighted by atomic mass is 9.78. The van der Waals surface area contributed by atoms with Crippen LogP contribution < -0.4 is 5.73 Å². The molecule has 2 nitrogen and oxygen atoms in total. The van der Waals surface area contributed by atoms with Crippen LogP contribution >= 0.6 is 0 Å². The second-order valence-corrected chi connectivity index (χ2v) is 5.28. The molecule has 16 heavy (non-hydrogen) atoms. The first-order chi connectivity index (χ1) is 7.66. The monoisotopic (exact) mass is 218 g/mol. The largest absolute Gasteiger partial charge is 0.324 e. The molecule has 1 aromatic heterocycles. The Morgan fingerprint density at radius 2 is 2.00 bits per heavy atom. The van der Waals surface area contributed by atoms with Gasteiger partial charge in [-0.3, -0.25) is 4.98 Å². The summed E-state index contributed by atoms with van der Waals surface area (Å²) < 4.78 is 0. The number of nitrogens with two attached hydrogens (primary N) is 1. The van der Waals surface area contributed by atoms with E-state index in [1.807, 2.05) is 13.1 Å². The lowest BCUT2D eigenvalue weighted by Gasteiger charge is -2.30. The summed E-state index contributed by atoms with van der Waals surface area (Å²) in [7, 11) is 0. The zero-order valence-corrected chi connectivity index (χ0v) is 10.3. The Bertz CT molecular complexity index is 340. The maximum atomic E-state index is 6.36. The summed E-state index contributed by atoms with van der Waals surface area (Å²) in [6, 6.07) is 4.40. The minimum absolute atomic E-state index is 0.203. The normalized spacial score (nSPS) is 27.7. The van der Waals surface area contributed by atoms with Crippen LogP contribution in [0.1, 0.15) is 49.9 Å². The zero-order chi connectivity index (χ0) is 11.5. The highest BCUT2D eigenvalue weighted by atomic mass is 14.7. The van der Waals surface area contributed by atoms with Gasteiger partial charge in [-0.1, -0.05) is 19.8 Å². The highest BCUT2D eigenvalue weighted by molar-refractivity contribution is 5.19. The predicted molar refractivity (Wildman–Crippen MR) is 67.0 cm³/mol. The van der Waals surface area contributed by atoms with Gasteiger partial charge in [0.15, 0.2) is 0 Å². The van der Waals surface area contributed by atoms with Crippen molar-refractivity contribution >= 4 is 0 Å². The quantitative estimate of drug-likeness (QED) is 0.827. The second kappa shape index (κ2) is 4.96. The van der Waals surface area contributed by atoms with Crippen LogP contribution in [-0.2, 0) is 0 Å². The van der Waals surface area contributed by atoms with Crippen LogP contribution in [0.15, 0.2) is 18.3 Å². The molecule has 88 valence electrons. The summed E-state index contributed by atoms with van der Waals surface area (Å²) in [4.78, 5) is 4.22. The Balaban J connectivity index is 2.04. The van der Waals surface area contributed by atoms with Gasteiger partial charge >= 0.3 is 0 Å². The Labute approximate surface area is 98.3 Å². The van der Waals surface area contributed by atoms with Gasteiger partial charge < -0.3 is 5.73 Å². The first kappa shape index (κ1) is 11.6. The fraction of sp³-hybridized carbons (Fsp3) is 0.643. The molecule has 1 aromatic rings. The summed E-state index contributed by atoms with van der Waals surface area (Å²) in [6.07, 6.45) is 7.11. The van der Waals surface area contributed by atoms with E-state index in [2.05, 4.69) is 24.0 Å². The number of hydrogen-bond donors (Lipinski definition) is 1. The maximum Gasteiger partial charge on any atom is 0.0375 e. The molecule has 1 fully saturated rings. The molecule has 2 N–H and O–H groups in total. The van der Waals surface area contributed by atoms with Crippen LogP contribution in [0.5, 0.6) is 0 Å². The molecule has 0 aromatic carbocycles. The zero-order valence-electron chi connectivity index (χ0n) is 10.3. The number of rotatable bonds is 2. The van der Waals surface area contributed by atoms with Crippen molar-refractivity contribution in [3.8, 4) is 0 Å². The molecule has 0 spiro atoms. The molecular weight excluding hydrogens is 196 g/mol. The summed E-state index contributed by atoms with van der Waals surface area (Å²) in [5.41, 5.74) is 8.68. The van der Waals surface area contributed by atoms with Crippen molar-refractivity contribution < 1.29 is 0 Å². The van der Waals surface area contributed by atoms with Crippen LogP contribution in [0, 0.1) is 18.8 Å². The van der Waals surface area contributed by atoms with Crippen molar-refractivity contribution in [2.45, 2.75) is 45.6 Å². The van der Waals surface area contributed by atoms with Crippen LogP contribution in [0.3, 0.4) is 0 Å². The van der Waals surface area contributed by atoms with E-state index in [9.17, 15) is 0 Å².